The Morgan fingerprint density at radius 3 is 2.28 bits per heavy atom. The summed E-state index contributed by atoms with van der Waals surface area (Å²) in [7, 11) is -3.49. The molecule has 1 amide bonds. The number of sulfonamides is 1. The number of nitrogens with zero attached hydrogens (tertiary/aromatic N) is 1. The summed E-state index contributed by atoms with van der Waals surface area (Å²) in [5.74, 6) is -0.0472. The average molecular weight is 417 g/mol. The molecule has 2 aromatic rings. The lowest BCUT2D eigenvalue weighted by atomic mass is 10.1. The molecular formula is C22H30N3O3S+. The zero-order chi connectivity index (χ0) is 20.9. The van der Waals surface area contributed by atoms with Crippen molar-refractivity contribution in [2.45, 2.75) is 37.6 Å². The largest absolute Gasteiger partial charge is 0.323 e. The van der Waals surface area contributed by atoms with Crippen LogP contribution >= 0.6 is 0 Å². The molecule has 1 fully saturated rings. The summed E-state index contributed by atoms with van der Waals surface area (Å²) in [6, 6.07) is 16.3. The minimum Gasteiger partial charge on any atom is -0.323 e. The van der Waals surface area contributed by atoms with Gasteiger partial charge in [0.15, 0.2) is 6.04 Å². The third kappa shape index (κ3) is 5.23. The zero-order valence-corrected chi connectivity index (χ0v) is 17.9. The van der Waals surface area contributed by atoms with E-state index in [0.29, 0.717) is 31.1 Å². The van der Waals surface area contributed by atoms with E-state index in [1.807, 2.05) is 49.4 Å². The van der Waals surface area contributed by atoms with Crippen LogP contribution in [0.2, 0.25) is 0 Å². The number of quaternary nitrogens is 1. The number of nitrogens with one attached hydrogen (secondary N) is 2. The lowest BCUT2D eigenvalue weighted by molar-refractivity contribution is -0.917. The van der Waals surface area contributed by atoms with Crippen LogP contribution < -0.4 is 10.2 Å². The van der Waals surface area contributed by atoms with Crippen LogP contribution in [0.1, 0.15) is 25.8 Å². The fourth-order valence-electron chi connectivity index (χ4n) is 3.67. The Morgan fingerprint density at radius 1 is 1.07 bits per heavy atom. The molecule has 2 N–H and O–H groups in total. The molecule has 1 saturated heterocycles. The van der Waals surface area contributed by atoms with Crippen LogP contribution in [-0.4, -0.2) is 50.9 Å². The highest BCUT2D eigenvalue weighted by molar-refractivity contribution is 7.89. The second-order valence-electron chi connectivity index (χ2n) is 7.53. The number of hydrogen-bond acceptors (Lipinski definition) is 3. The summed E-state index contributed by atoms with van der Waals surface area (Å²) >= 11 is 0. The van der Waals surface area contributed by atoms with E-state index in [2.05, 4.69) is 12.2 Å². The Kier molecular flexibility index (Phi) is 7.05. The number of anilines is 1. The van der Waals surface area contributed by atoms with Crippen LogP contribution in [0.25, 0.3) is 0 Å². The Morgan fingerprint density at radius 2 is 1.69 bits per heavy atom. The maximum absolute atomic E-state index is 12.9. The number of amides is 1. The number of para-hydroxylation sites is 1. The van der Waals surface area contributed by atoms with Gasteiger partial charge in [0.05, 0.1) is 31.1 Å². The van der Waals surface area contributed by atoms with E-state index in [1.54, 1.807) is 12.1 Å². The first kappa shape index (κ1) is 21.5. The van der Waals surface area contributed by atoms with Crippen molar-refractivity contribution in [1.29, 1.82) is 0 Å². The van der Waals surface area contributed by atoms with Crippen LogP contribution in [0.3, 0.4) is 0 Å². The molecule has 0 aromatic heterocycles. The molecule has 0 aliphatic carbocycles. The van der Waals surface area contributed by atoms with Crippen LogP contribution in [0.15, 0.2) is 59.5 Å². The number of aryl methyl sites for hydroxylation is 1. The van der Waals surface area contributed by atoms with E-state index in [0.717, 1.165) is 29.0 Å². The minimum atomic E-state index is -3.49. The lowest BCUT2D eigenvalue weighted by Crippen LogP contribution is -3.19. The van der Waals surface area contributed by atoms with Gasteiger partial charge in [0, 0.05) is 5.69 Å². The Hall–Kier alpha value is -2.22. The number of carbonyl (C=O) groups excluding carboxylic acids is 1. The van der Waals surface area contributed by atoms with Gasteiger partial charge in [-0.25, -0.2) is 8.42 Å². The fraction of sp³-hybridized carbons (Fsp3) is 0.409. The van der Waals surface area contributed by atoms with Crippen molar-refractivity contribution in [2.75, 3.05) is 31.5 Å². The van der Waals surface area contributed by atoms with Gasteiger partial charge in [0.2, 0.25) is 10.0 Å². The van der Waals surface area contributed by atoms with Gasteiger partial charge >= 0.3 is 0 Å². The summed E-state index contributed by atoms with van der Waals surface area (Å²) in [6.07, 6.45) is 1.98. The van der Waals surface area contributed by atoms with Gasteiger partial charge in [0.25, 0.3) is 5.91 Å². The van der Waals surface area contributed by atoms with Crippen LogP contribution in [0.5, 0.6) is 0 Å². The molecule has 1 heterocycles. The highest BCUT2D eigenvalue weighted by Gasteiger charge is 2.34. The molecule has 6 nitrogen and oxygen atoms in total. The van der Waals surface area contributed by atoms with E-state index in [1.165, 1.54) is 4.31 Å². The maximum atomic E-state index is 12.9. The van der Waals surface area contributed by atoms with E-state index in [9.17, 15) is 13.2 Å². The summed E-state index contributed by atoms with van der Waals surface area (Å²) in [5.41, 5.74) is 1.93. The predicted molar refractivity (Wildman–Crippen MR) is 114 cm³/mol. The van der Waals surface area contributed by atoms with Gasteiger partial charge in [-0.1, -0.05) is 43.7 Å². The van der Waals surface area contributed by atoms with Gasteiger partial charge in [0.1, 0.15) is 0 Å². The third-order valence-electron chi connectivity index (χ3n) is 5.51. The van der Waals surface area contributed by atoms with E-state index < -0.39 is 10.0 Å². The highest BCUT2D eigenvalue weighted by Crippen LogP contribution is 2.17. The number of piperazine rings is 1. The second kappa shape index (κ2) is 9.52. The number of benzene rings is 2. The van der Waals surface area contributed by atoms with Crippen molar-refractivity contribution < 1.29 is 18.1 Å². The van der Waals surface area contributed by atoms with E-state index >= 15 is 0 Å². The quantitative estimate of drug-likeness (QED) is 0.720. The van der Waals surface area contributed by atoms with Crippen LogP contribution in [0, 0.1) is 0 Å². The molecule has 1 atom stereocenters. The highest BCUT2D eigenvalue weighted by atomic mass is 32.2. The molecule has 0 spiro atoms. The van der Waals surface area contributed by atoms with Crippen molar-refractivity contribution in [3.63, 3.8) is 0 Å². The molecule has 2 aromatic carbocycles. The molecular weight excluding hydrogens is 386 g/mol. The smallest absolute Gasteiger partial charge is 0.282 e. The van der Waals surface area contributed by atoms with E-state index in [-0.39, 0.29) is 11.9 Å². The predicted octanol–water partition coefficient (Wildman–Crippen LogP) is 1.56. The zero-order valence-electron chi connectivity index (χ0n) is 17.1. The minimum absolute atomic E-state index is 0.0472. The molecule has 1 aliphatic heterocycles. The molecule has 0 saturated carbocycles. The first-order valence-corrected chi connectivity index (χ1v) is 11.7. The van der Waals surface area contributed by atoms with Crippen molar-refractivity contribution in [1.82, 2.24) is 4.31 Å². The van der Waals surface area contributed by atoms with E-state index in [4.69, 9.17) is 0 Å². The Labute approximate surface area is 173 Å². The SMILES string of the molecule is CCCc1ccc(S(=O)(=O)N2CC[NH+]([C@H](C)C(=O)Nc3ccccc3)CC2)cc1. The van der Waals surface area contributed by atoms with Gasteiger partial charge in [-0.3, -0.25) is 4.79 Å². The first-order chi connectivity index (χ1) is 13.9. The topological polar surface area (TPSA) is 70.9 Å². The number of carbonyl (C=O) groups is 1. The molecule has 29 heavy (non-hydrogen) atoms. The van der Waals surface area contributed by atoms with Crippen molar-refractivity contribution in [3.8, 4) is 0 Å². The molecule has 3 rings (SSSR count). The number of hydrogen-bond donors (Lipinski definition) is 2. The molecule has 7 heteroatoms. The fourth-order valence-corrected chi connectivity index (χ4v) is 5.11. The molecule has 0 bridgehead atoms. The normalized spacial score (nSPS) is 17.0. The molecule has 0 radical (unpaired) electrons. The summed E-state index contributed by atoms with van der Waals surface area (Å²) in [5, 5.41) is 2.93. The van der Waals surface area contributed by atoms with Crippen LogP contribution in [0.4, 0.5) is 5.69 Å². The third-order valence-corrected chi connectivity index (χ3v) is 7.42. The van der Waals surface area contributed by atoms with Gasteiger partial charge < -0.3 is 10.2 Å². The van der Waals surface area contributed by atoms with Gasteiger partial charge in [-0.05, 0) is 43.2 Å². The lowest BCUT2D eigenvalue weighted by Gasteiger charge is -2.34. The average Bonchev–Trinajstić information content (AvgIpc) is 2.74. The van der Waals surface area contributed by atoms with Gasteiger partial charge in [-0.15, -0.1) is 0 Å². The van der Waals surface area contributed by atoms with Crippen molar-refractivity contribution in [3.05, 3.63) is 60.2 Å². The van der Waals surface area contributed by atoms with Gasteiger partial charge in [-0.2, -0.15) is 4.31 Å². The summed E-state index contributed by atoms with van der Waals surface area (Å²) in [4.78, 5) is 14.0. The van der Waals surface area contributed by atoms with Crippen LogP contribution in [-0.2, 0) is 21.2 Å². The van der Waals surface area contributed by atoms with Crippen molar-refractivity contribution in [2.24, 2.45) is 0 Å². The first-order valence-electron chi connectivity index (χ1n) is 10.2. The standard InChI is InChI=1S/C22H29N3O3S/c1-3-7-19-10-12-21(13-11-19)29(27,28)25-16-14-24(15-17-25)18(2)22(26)23-20-8-5-4-6-9-20/h4-6,8-13,18H,3,7,14-17H2,1-2H3,(H,23,26)/p+1/t18-/m1/s1. The summed E-state index contributed by atoms with van der Waals surface area (Å²) in [6.45, 7) is 6.04. The molecule has 1 aliphatic rings. The monoisotopic (exact) mass is 416 g/mol. The Bertz CT molecular complexity index is 906. The Balaban J connectivity index is 1.58. The number of rotatable bonds is 7. The molecule has 0 unspecified atom stereocenters. The second-order valence-corrected chi connectivity index (χ2v) is 9.47. The maximum Gasteiger partial charge on any atom is 0.282 e. The van der Waals surface area contributed by atoms with Crippen molar-refractivity contribution >= 4 is 21.6 Å². The molecule has 156 valence electrons. The summed E-state index contributed by atoms with van der Waals surface area (Å²) < 4.78 is 27.4.